The molecule has 0 spiro atoms. The molecular weight excluding hydrogens is 150 g/mol. The molecule has 0 saturated heterocycles. The standard InChI is InChI=1S/C10H15NO/c1-4-6-10(5-2)7-8-11-9(3)12/h4-6H,1-2,7-8H2,3H3,(H,11,12). The van der Waals surface area contributed by atoms with Crippen LogP contribution in [0.4, 0.5) is 0 Å². The summed E-state index contributed by atoms with van der Waals surface area (Å²) in [6.07, 6.45) is 6.16. The van der Waals surface area contributed by atoms with Crippen LogP contribution in [0.2, 0.25) is 0 Å². The van der Waals surface area contributed by atoms with Gasteiger partial charge in [-0.05, 0) is 12.0 Å². The van der Waals surface area contributed by atoms with Crippen molar-refractivity contribution in [2.75, 3.05) is 6.54 Å². The molecular formula is C10H15NO. The third-order valence-corrected chi connectivity index (χ3v) is 1.38. The van der Waals surface area contributed by atoms with Crippen molar-refractivity contribution in [3.63, 3.8) is 0 Å². The van der Waals surface area contributed by atoms with E-state index in [-0.39, 0.29) is 5.91 Å². The van der Waals surface area contributed by atoms with Crippen LogP contribution in [0, 0.1) is 0 Å². The third kappa shape index (κ3) is 5.47. The molecule has 2 heteroatoms. The van der Waals surface area contributed by atoms with Gasteiger partial charge in [-0.2, -0.15) is 0 Å². The molecule has 0 atom stereocenters. The van der Waals surface area contributed by atoms with Crippen molar-refractivity contribution >= 4 is 5.91 Å². The molecule has 0 saturated carbocycles. The Labute approximate surface area is 73.7 Å². The van der Waals surface area contributed by atoms with E-state index in [0.717, 1.165) is 12.0 Å². The van der Waals surface area contributed by atoms with Crippen LogP contribution in [0.1, 0.15) is 13.3 Å². The van der Waals surface area contributed by atoms with E-state index in [0.29, 0.717) is 6.54 Å². The SMILES string of the molecule is C=CC=C(C=C)CCNC(C)=O. The molecule has 0 heterocycles. The predicted octanol–water partition coefficient (Wildman–Crippen LogP) is 1.81. The van der Waals surface area contributed by atoms with Crippen LogP contribution in [-0.4, -0.2) is 12.5 Å². The van der Waals surface area contributed by atoms with Crippen molar-refractivity contribution in [1.82, 2.24) is 5.32 Å². The summed E-state index contributed by atoms with van der Waals surface area (Å²) in [6, 6.07) is 0. The van der Waals surface area contributed by atoms with Crippen LogP contribution in [0.5, 0.6) is 0 Å². The van der Waals surface area contributed by atoms with Gasteiger partial charge in [-0.25, -0.2) is 0 Å². The quantitative estimate of drug-likeness (QED) is 0.618. The molecule has 0 aromatic heterocycles. The summed E-state index contributed by atoms with van der Waals surface area (Å²) in [5.41, 5.74) is 1.08. The number of hydrogen-bond acceptors (Lipinski definition) is 1. The summed E-state index contributed by atoms with van der Waals surface area (Å²) in [6.45, 7) is 9.39. The van der Waals surface area contributed by atoms with Crippen LogP contribution in [0.3, 0.4) is 0 Å². The number of nitrogens with one attached hydrogen (secondary N) is 1. The van der Waals surface area contributed by atoms with Crippen molar-refractivity contribution < 1.29 is 4.79 Å². The normalized spacial score (nSPS) is 10.6. The average molecular weight is 165 g/mol. The van der Waals surface area contributed by atoms with Gasteiger partial charge >= 0.3 is 0 Å². The van der Waals surface area contributed by atoms with Crippen LogP contribution < -0.4 is 5.32 Å². The largest absolute Gasteiger partial charge is 0.356 e. The molecule has 0 aliphatic heterocycles. The van der Waals surface area contributed by atoms with Gasteiger partial charge in [0.25, 0.3) is 0 Å². The Hall–Kier alpha value is -1.31. The van der Waals surface area contributed by atoms with Gasteiger partial charge in [0, 0.05) is 13.5 Å². The Balaban J connectivity index is 3.73. The van der Waals surface area contributed by atoms with Gasteiger partial charge < -0.3 is 5.32 Å². The fraction of sp³-hybridized carbons (Fsp3) is 0.300. The Morgan fingerprint density at radius 1 is 1.50 bits per heavy atom. The lowest BCUT2D eigenvalue weighted by Crippen LogP contribution is -2.20. The lowest BCUT2D eigenvalue weighted by Gasteiger charge is -2.01. The first-order valence-electron chi connectivity index (χ1n) is 3.89. The summed E-state index contributed by atoms with van der Waals surface area (Å²) in [4.78, 5) is 10.5. The van der Waals surface area contributed by atoms with Crippen LogP contribution in [-0.2, 0) is 4.79 Å². The first-order valence-corrected chi connectivity index (χ1v) is 3.89. The fourth-order valence-corrected chi connectivity index (χ4v) is 0.788. The van der Waals surface area contributed by atoms with Crippen molar-refractivity contribution in [3.05, 3.63) is 37.0 Å². The van der Waals surface area contributed by atoms with Crippen LogP contribution in [0.15, 0.2) is 37.0 Å². The van der Waals surface area contributed by atoms with Gasteiger partial charge in [0.1, 0.15) is 0 Å². The molecule has 0 radical (unpaired) electrons. The molecule has 1 N–H and O–H groups in total. The minimum Gasteiger partial charge on any atom is -0.356 e. The Bertz CT molecular complexity index is 204. The number of hydrogen-bond donors (Lipinski definition) is 1. The molecule has 0 unspecified atom stereocenters. The van der Waals surface area contributed by atoms with E-state index >= 15 is 0 Å². The zero-order valence-electron chi connectivity index (χ0n) is 7.47. The second-order valence-corrected chi connectivity index (χ2v) is 2.41. The van der Waals surface area contributed by atoms with Gasteiger partial charge in [-0.3, -0.25) is 4.79 Å². The van der Waals surface area contributed by atoms with E-state index in [2.05, 4.69) is 18.5 Å². The Morgan fingerprint density at radius 3 is 2.58 bits per heavy atom. The minimum atomic E-state index is -0.00276. The highest BCUT2D eigenvalue weighted by atomic mass is 16.1. The van der Waals surface area contributed by atoms with Crippen LogP contribution >= 0.6 is 0 Å². The molecule has 1 amide bonds. The molecule has 0 aromatic carbocycles. The number of carbonyl (C=O) groups is 1. The smallest absolute Gasteiger partial charge is 0.216 e. The summed E-state index contributed by atoms with van der Waals surface area (Å²) >= 11 is 0. The minimum absolute atomic E-state index is 0.00276. The fourth-order valence-electron chi connectivity index (χ4n) is 0.788. The highest BCUT2D eigenvalue weighted by Gasteiger charge is 1.92. The highest BCUT2D eigenvalue weighted by Crippen LogP contribution is 2.00. The van der Waals surface area contributed by atoms with E-state index in [1.165, 1.54) is 6.92 Å². The third-order valence-electron chi connectivity index (χ3n) is 1.38. The molecule has 0 fully saturated rings. The maximum Gasteiger partial charge on any atom is 0.216 e. The highest BCUT2D eigenvalue weighted by molar-refractivity contribution is 5.72. The van der Waals surface area contributed by atoms with Gasteiger partial charge in [-0.1, -0.05) is 31.4 Å². The van der Waals surface area contributed by atoms with Gasteiger partial charge in [0.15, 0.2) is 0 Å². The number of amides is 1. The average Bonchev–Trinajstić information content (AvgIpc) is 2.02. The first-order chi connectivity index (χ1) is 5.70. The van der Waals surface area contributed by atoms with Crippen molar-refractivity contribution in [1.29, 1.82) is 0 Å². The summed E-state index contributed by atoms with van der Waals surface area (Å²) in [5, 5.41) is 2.71. The van der Waals surface area contributed by atoms with Gasteiger partial charge in [0.05, 0.1) is 0 Å². The van der Waals surface area contributed by atoms with E-state index in [9.17, 15) is 4.79 Å². The summed E-state index contributed by atoms with van der Waals surface area (Å²) in [7, 11) is 0. The molecule has 12 heavy (non-hydrogen) atoms. The lowest BCUT2D eigenvalue weighted by atomic mass is 10.2. The number of rotatable bonds is 5. The molecule has 2 nitrogen and oxygen atoms in total. The van der Waals surface area contributed by atoms with E-state index in [4.69, 9.17) is 0 Å². The molecule has 0 aliphatic rings. The maximum atomic E-state index is 10.5. The zero-order valence-corrected chi connectivity index (χ0v) is 7.47. The molecule has 0 rings (SSSR count). The number of carbonyl (C=O) groups excluding carboxylic acids is 1. The molecule has 66 valence electrons. The lowest BCUT2D eigenvalue weighted by molar-refractivity contribution is -0.118. The van der Waals surface area contributed by atoms with Crippen molar-refractivity contribution in [2.45, 2.75) is 13.3 Å². The van der Waals surface area contributed by atoms with Crippen molar-refractivity contribution in [2.24, 2.45) is 0 Å². The van der Waals surface area contributed by atoms with Gasteiger partial charge in [-0.15, -0.1) is 0 Å². The second kappa shape index (κ2) is 6.40. The monoisotopic (exact) mass is 165 g/mol. The second-order valence-electron chi connectivity index (χ2n) is 2.41. The first kappa shape index (κ1) is 10.7. The summed E-state index contributed by atoms with van der Waals surface area (Å²) < 4.78 is 0. The van der Waals surface area contributed by atoms with Crippen molar-refractivity contribution in [3.8, 4) is 0 Å². The summed E-state index contributed by atoms with van der Waals surface area (Å²) in [5.74, 6) is -0.00276. The molecule has 0 bridgehead atoms. The van der Waals surface area contributed by atoms with E-state index in [1.54, 1.807) is 12.2 Å². The van der Waals surface area contributed by atoms with Crippen LogP contribution in [0.25, 0.3) is 0 Å². The zero-order chi connectivity index (χ0) is 9.40. The van der Waals surface area contributed by atoms with E-state index < -0.39 is 0 Å². The molecule has 0 aliphatic carbocycles. The number of allylic oxidation sites excluding steroid dienone is 3. The van der Waals surface area contributed by atoms with Gasteiger partial charge in [0.2, 0.25) is 5.91 Å². The Kier molecular flexibility index (Phi) is 5.70. The Morgan fingerprint density at radius 2 is 2.17 bits per heavy atom. The van der Waals surface area contributed by atoms with E-state index in [1.807, 2.05) is 6.08 Å². The maximum absolute atomic E-state index is 10.5. The molecule has 0 aromatic rings. The predicted molar refractivity (Wildman–Crippen MR) is 51.8 cm³/mol. The topological polar surface area (TPSA) is 29.1 Å².